The Labute approximate surface area is 256 Å². The number of benzene rings is 6. The lowest BCUT2D eigenvalue weighted by Crippen LogP contribution is -1.95. The average molecular weight is 579 g/mol. The molecule has 0 bridgehead atoms. The maximum atomic E-state index is 6.63. The first-order valence-electron chi connectivity index (χ1n) is 14.9. The zero-order valence-electron chi connectivity index (χ0n) is 23.8. The van der Waals surface area contributed by atoms with Crippen molar-refractivity contribution in [3.63, 3.8) is 0 Å². The first kappa shape index (κ1) is 24.3. The molecule has 4 aromatic heterocycles. The molecule has 10 rings (SSSR count). The number of aromatic nitrogens is 2. The summed E-state index contributed by atoms with van der Waals surface area (Å²) in [5, 5.41) is 4.98. The largest absolute Gasteiger partial charge is 0.456 e. The van der Waals surface area contributed by atoms with Crippen LogP contribution in [0, 0.1) is 0 Å². The summed E-state index contributed by atoms with van der Waals surface area (Å²) in [6.07, 6.45) is 0. The molecule has 0 aliphatic rings. The molecule has 210 valence electrons. The highest BCUT2D eigenvalue weighted by molar-refractivity contribution is 6.17. The molecule has 0 spiro atoms. The molecule has 45 heavy (non-hydrogen) atoms. The van der Waals surface area contributed by atoms with E-state index in [1.54, 1.807) is 0 Å². The third-order valence-electron chi connectivity index (χ3n) is 8.72. The second kappa shape index (κ2) is 9.15. The van der Waals surface area contributed by atoms with Crippen LogP contribution >= 0.6 is 0 Å². The van der Waals surface area contributed by atoms with Crippen molar-refractivity contribution in [2.75, 3.05) is 0 Å². The molecule has 0 radical (unpaired) electrons. The van der Waals surface area contributed by atoms with Gasteiger partial charge in [0.2, 0.25) is 0 Å². The predicted octanol–water partition coefficient (Wildman–Crippen LogP) is 11.2. The SMILES string of the molecule is c1ccc(-c2ccc3oc4c(-c5cccc6oc7ccccc7c56)nc(-c5cccc6oc7ccccc7c56)nc4c3c2)cc1. The average Bonchev–Trinajstić information content (AvgIpc) is 3.79. The molecule has 6 aromatic carbocycles. The van der Waals surface area contributed by atoms with Gasteiger partial charge in [-0.2, -0.15) is 0 Å². The van der Waals surface area contributed by atoms with Crippen molar-refractivity contribution < 1.29 is 13.3 Å². The first-order valence-corrected chi connectivity index (χ1v) is 14.9. The molecule has 10 aromatic rings. The molecule has 0 amide bonds. The van der Waals surface area contributed by atoms with Crippen molar-refractivity contribution in [3.8, 4) is 33.8 Å². The molecule has 0 atom stereocenters. The molecule has 0 N–H and O–H groups in total. The summed E-state index contributed by atoms with van der Waals surface area (Å²) in [5.74, 6) is 0.604. The molecule has 5 heteroatoms. The van der Waals surface area contributed by atoms with Crippen LogP contribution in [0.3, 0.4) is 0 Å². The molecule has 0 aliphatic carbocycles. The Balaban J connectivity index is 1.34. The Morgan fingerprint density at radius 3 is 1.73 bits per heavy atom. The lowest BCUT2D eigenvalue weighted by Gasteiger charge is -2.08. The van der Waals surface area contributed by atoms with Gasteiger partial charge in [-0.15, -0.1) is 0 Å². The molecule has 0 unspecified atom stereocenters. The number of hydrogen-bond acceptors (Lipinski definition) is 5. The van der Waals surface area contributed by atoms with Gasteiger partial charge in [0.15, 0.2) is 11.4 Å². The van der Waals surface area contributed by atoms with Crippen LogP contribution in [0.5, 0.6) is 0 Å². The zero-order valence-corrected chi connectivity index (χ0v) is 23.8. The van der Waals surface area contributed by atoms with E-state index in [-0.39, 0.29) is 0 Å². The Morgan fingerprint density at radius 1 is 0.400 bits per heavy atom. The van der Waals surface area contributed by atoms with Crippen LogP contribution in [-0.4, -0.2) is 9.97 Å². The number of hydrogen-bond donors (Lipinski definition) is 0. The molecule has 0 fully saturated rings. The first-order chi connectivity index (χ1) is 22.3. The van der Waals surface area contributed by atoms with E-state index in [1.165, 1.54) is 0 Å². The van der Waals surface area contributed by atoms with Gasteiger partial charge in [0.25, 0.3) is 0 Å². The zero-order chi connectivity index (χ0) is 29.5. The fraction of sp³-hybridized carbons (Fsp3) is 0. The summed E-state index contributed by atoms with van der Waals surface area (Å²) in [5.41, 5.74) is 10.2. The van der Waals surface area contributed by atoms with E-state index >= 15 is 0 Å². The van der Waals surface area contributed by atoms with Crippen LogP contribution in [0.1, 0.15) is 0 Å². The Bertz CT molecular complexity index is 2770. The summed E-state index contributed by atoms with van der Waals surface area (Å²) < 4.78 is 19.1. The molecule has 0 aliphatic heterocycles. The van der Waals surface area contributed by atoms with Gasteiger partial charge in [-0.1, -0.05) is 97.1 Å². The second-order valence-corrected chi connectivity index (χ2v) is 11.3. The minimum absolute atomic E-state index is 0.604. The van der Waals surface area contributed by atoms with Gasteiger partial charge in [-0.3, -0.25) is 0 Å². The van der Waals surface area contributed by atoms with Crippen molar-refractivity contribution in [1.82, 2.24) is 9.97 Å². The van der Waals surface area contributed by atoms with Crippen molar-refractivity contribution in [2.45, 2.75) is 0 Å². The topological polar surface area (TPSA) is 65.2 Å². The normalized spacial score (nSPS) is 12.0. The molecule has 5 nitrogen and oxygen atoms in total. The number of nitrogens with zero attached hydrogens (tertiary/aromatic N) is 2. The highest BCUT2D eigenvalue weighted by Gasteiger charge is 2.23. The van der Waals surface area contributed by atoms with Gasteiger partial charge >= 0.3 is 0 Å². The van der Waals surface area contributed by atoms with Gasteiger partial charge in [0, 0.05) is 38.1 Å². The smallest absolute Gasteiger partial charge is 0.180 e. The fourth-order valence-electron chi connectivity index (χ4n) is 6.69. The Hall–Kier alpha value is -6.20. The Kier molecular flexibility index (Phi) is 4.93. The predicted molar refractivity (Wildman–Crippen MR) is 180 cm³/mol. The van der Waals surface area contributed by atoms with E-state index in [0.717, 1.165) is 88.3 Å². The van der Waals surface area contributed by atoms with E-state index in [4.69, 9.17) is 23.2 Å². The highest BCUT2D eigenvalue weighted by Crippen LogP contribution is 2.43. The summed E-state index contributed by atoms with van der Waals surface area (Å²) in [6.45, 7) is 0. The number of furan rings is 3. The number of para-hydroxylation sites is 2. The standard InChI is InChI=1S/C40H22N2O3/c1-2-10-23(11-3-1)24-20-21-32-29(22-24)38-39(45-32)37(27-14-8-18-33-35(27)25-12-4-6-16-30(25)43-33)41-40(42-38)28-15-9-19-34-36(28)26-13-5-7-17-31(26)44-34/h1-22H. The summed E-state index contributed by atoms with van der Waals surface area (Å²) in [4.78, 5) is 10.6. The van der Waals surface area contributed by atoms with E-state index in [2.05, 4.69) is 60.7 Å². The minimum Gasteiger partial charge on any atom is -0.456 e. The van der Waals surface area contributed by atoms with Crippen LogP contribution in [0.4, 0.5) is 0 Å². The van der Waals surface area contributed by atoms with Crippen LogP contribution in [0.15, 0.2) is 147 Å². The van der Waals surface area contributed by atoms with Crippen molar-refractivity contribution in [1.29, 1.82) is 0 Å². The Morgan fingerprint density at radius 2 is 1.00 bits per heavy atom. The van der Waals surface area contributed by atoms with E-state index in [0.29, 0.717) is 11.4 Å². The second-order valence-electron chi connectivity index (χ2n) is 11.3. The van der Waals surface area contributed by atoms with Crippen molar-refractivity contribution in [3.05, 3.63) is 133 Å². The van der Waals surface area contributed by atoms with Crippen LogP contribution < -0.4 is 0 Å². The number of fused-ring (bicyclic) bond motifs is 9. The van der Waals surface area contributed by atoms with Crippen LogP contribution in [0.25, 0.3) is 99.7 Å². The maximum Gasteiger partial charge on any atom is 0.180 e. The van der Waals surface area contributed by atoms with Gasteiger partial charge in [-0.25, -0.2) is 9.97 Å². The molecule has 4 heterocycles. The lowest BCUT2D eigenvalue weighted by molar-refractivity contribution is 0.667. The monoisotopic (exact) mass is 578 g/mol. The fourth-order valence-corrected chi connectivity index (χ4v) is 6.69. The third-order valence-corrected chi connectivity index (χ3v) is 8.72. The summed E-state index contributed by atoms with van der Waals surface area (Å²) in [7, 11) is 0. The quantitative estimate of drug-likeness (QED) is 0.209. The van der Waals surface area contributed by atoms with E-state index < -0.39 is 0 Å². The third kappa shape index (κ3) is 3.55. The molecular weight excluding hydrogens is 556 g/mol. The van der Waals surface area contributed by atoms with Gasteiger partial charge in [-0.05, 0) is 47.5 Å². The van der Waals surface area contributed by atoms with Gasteiger partial charge in [0.1, 0.15) is 39.1 Å². The molecule has 0 saturated carbocycles. The van der Waals surface area contributed by atoms with Gasteiger partial charge < -0.3 is 13.3 Å². The lowest BCUT2D eigenvalue weighted by atomic mass is 10.0. The minimum atomic E-state index is 0.604. The van der Waals surface area contributed by atoms with E-state index in [9.17, 15) is 0 Å². The molecule has 0 saturated heterocycles. The summed E-state index contributed by atoms with van der Waals surface area (Å²) >= 11 is 0. The van der Waals surface area contributed by atoms with Crippen molar-refractivity contribution >= 4 is 65.9 Å². The van der Waals surface area contributed by atoms with Crippen LogP contribution in [-0.2, 0) is 0 Å². The highest BCUT2D eigenvalue weighted by atomic mass is 16.3. The maximum absolute atomic E-state index is 6.63. The number of rotatable bonds is 3. The van der Waals surface area contributed by atoms with E-state index in [1.807, 2.05) is 72.8 Å². The van der Waals surface area contributed by atoms with Crippen molar-refractivity contribution in [2.24, 2.45) is 0 Å². The van der Waals surface area contributed by atoms with Gasteiger partial charge in [0.05, 0.1) is 0 Å². The van der Waals surface area contributed by atoms with Crippen LogP contribution in [0.2, 0.25) is 0 Å². The summed E-state index contributed by atoms with van der Waals surface area (Å²) in [6, 6.07) is 45.0. The molecular formula is C40H22N2O3.